The fourth-order valence-electron chi connectivity index (χ4n) is 1.86. The summed E-state index contributed by atoms with van der Waals surface area (Å²) in [5.41, 5.74) is 1.10. The molecule has 18 heavy (non-hydrogen) atoms. The maximum atomic E-state index is 6.27. The molecule has 2 nitrogen and oxygen atoms in total. The zero-order valence-corrected chi connectivity index (χ0v) is 12.9. The third-order valence-electron chi connectivity index (χ3n) is 2.84. The molecule has 1 rings (SSSR count). The van der Waals surface area contributed by atoms with E-state index in [0.29, 0.717) is 0 Å². The van der Waals surface area contributed by atoms with Crippen LogP contribution in [0.1, 0.15) is 31.4 Å². The maximum absolute atomic E-state index is 6.27. The van der Waals surface area contributed by atoms with Crippen LogP contribution >= 0.6 is 23.2 Å². The number of rotatable bonds is 7. The highest BCUT2D eigenvalue weighted by atomic mass is 35.5. The van der Waals surface area contributed by atoms with E-state index in [-0.39, 0.29) is 6.04 Å². The van der Waals surface area contributed by atoms with Crippen molar-refractivity contribution in [1.29, 1.82) is 0 Å². The molecular formula is C14H22Cl2N2. The second-order valence-electron chi connectivity index (χ2n) is 4.76. The van der Waals surface area contributed by atoms with Crippen molar-refractivity contribution < 1.29 is 0 Å². The molecule has 0 aliphatic carbocycles. The fraction of sp³-hybridized carbons (Fsp3) is 0.571. The molecule has 0 aromatic heterocycles. The molecule has 0 bridgehead atoms. The van der Waals surface area contributed by atoms with Crippen molar-refractivity contribution in [2.45, 2.75) is 25.8 Å². The summed E-state index contributed by atoms with van der Waals surface area (Å²) < 4.78 is 0. The molecule has 1 N–H and O–H groups in total. The van der Waals surface area contributed by atoms with E-state index in [1.54, 1.807) is 0 Å². The monoisotopic (exact) mass is 288 g/mol. The van der Waals surface area contributed by atoms with E-state index in [9.17, 15) is 0 Å². The third kappa shape index (κ3) is 5.15. The number of halogens is 2. The molecule has 0 spiro atoms. The highest BCUT2D eigenvalue weighted by Gasteiger charge is 2.14. The molecule has 1 atom stereocenters. The Kier molecular flexibility index (Phi) is 7.02. The summed E-state index contributed by atoms with van der Waals surface area (Å²) >= 11 is 12.3. The minimum Gasteiger partial charge on any atom is -0.310 e. The second-order valence-corrected chi connectivity index (χ2v) is 5.61. The number of nitrogens with one attached hydrogen (secondary N) is 1. The minimum atomic E-state index is 0.263. The van der Waals surface area contributed by atoms with E-state index in [4.69, 9.17) is 23.2 Å². The van der Waals surface area contributed by atoms with Crippen LogP contribution in [0.5, 0.6) is 0 Å². The van der Waals surface area contributed by atoms with Gasteiger partial charge in [0.25, 0.3) is 0 Å². The first-order valence-corrected chi connectivity index (χ1v) is 7.13. The summed E-state index contributed by atoms with van der Waals surface area (Å²) in [6.45, 7) is 4.17. The van der Waals surface area contributed by atoms with Crippen molar-refractivity contribution in [3.05, 3.63) is 33.8 Å². The summed E-state index contributed by atoms with van der Waals surface area (Å²) in [5, 5.41) is 5.06. The molecule has 0 heterocycles. The summed E-state index contributed by atoms with van der Waals surface area (Å²) in [4.78, 5) is 2.18. The van der Waals surface area contributed by atoms with Crippen LogP contribution in [0.4, 0.5) is 0 Å². The first-order valence-electron chi connectivity index (χ1n) is 6.37. The summed E-state index contributed by atoms with van der Waals surface area (Å²) in [6.07, 6.45) is 2.13. The van der Waals surface area contributed by atoms with Gasteiger partial charge in [0.15, 0.2) is 0 Å². The molecule has 0 radical (unpaired) electrons. The molecule has 0 fully saturated rings. The lowest BCUT2D eigenvalue weighted by molar-refractivity contribution is 0.361. The molecule has 0 saturated carbocycles. The van der Waals surface area contributed by atoms with Crippen molar-refractivity contribution in [2.75, 3.05) is 27.2 Å². The minimum absolute atomic E-state index is 0.263. The third-order valence-corrected chi connectivity index (χ3v) is 3.42. The van der Waals surface area contributed by atoms with Crippen molar-refractivity contribution in [3.8, 4) is 0 Å². The first-order chi connectivity index (χ1) is 8.54. The molecule has 1 aromatic rings. The quantitative estimate of drug-likeness (QED) is 0.816. The molecule has 0 aliphatic heterocycles. The van der Waals surface area contributed by atoms with Gasteiger partial charge in [0.1, 0.15) is 0 Å². The molecule has 0 amide bonds. The normalized spacial score (nSPS) is 13.0. The van der Waals surface area contributed by atoms with Crippen LogP contribution in [0.15, 0.2) is 18.2 Å². The van der Waals surface area contributed by atoms with E-state index in [0.717, 1.165) is 41.5 Å². The summed E-state index contributed by atoms with van der Waals surface area (Å²) in [6, 6.07) is 5.93. The van der Waals surface area contributed by atoms with Crippen molar-refractivity contribution in [2.24, 2.45) is 0 Å². The van der Waals surface area contributed by atoms with Gasteiger partial charge in [-0.25, -0.2) is 0 Å². The number of hydrogen-bond donors (Lipinski definition) is 1. The van der Waals surface area contributed by atoms with E-state index in [2.05, 4.69) is 31.2 Å². The van der Waals surface area contributed by atoms with Crippen molar-refractivity contribution in [3.63, 3.8) is 0 Å². The standard InChI is InChI=1S/C14H22Cl2N2/c1-4-8-17-14(7-9-18(2)3)12-10-11(15)5-6-13(12)16/h5-6,10,14,17H,4,7-9H2,1-3H3. The van der Waals surface area contributed by atoms with Gasteiger partial charge < -0.3 is 10.2 Å². The molecule has 0 saturated heterocycles. The fourth-order valence-corrected chi connectivity index (χ4v) is 2.28. The lowest BCUT2D eigenvalue weighted by atomic mass is 10.0. The number of hydrogen-bond acceptors (Lipinski definition) is 2. The van der Waals surface area contributed by atoms with Gasteiger partial charge in [-0.15, -0.1) is 0 Å². The van der Waals surface area contributed by atoms with Gasteiger partial charge in [0.2, 0.25) is 0 Å². The largest absolute Gasteiger partial charge is 0.310 e. The SMILES string of the molecule is CCCNC(CCN(C)C)c1cc(Cl)ccc1Cl. The molecule has 0 aliphatic rings. The van der Waals surface area contributed by atoms with Gasteiger partial charge >= 0.3 is 0 Å². The Balaban J connectivity index is 2.82. The smallest absolute Gasteiger partial charge is 0.0454 e. The average molecular weight is 289 g/mol. The number of benzene rings is 1. The average Bonchev–Trinajstić information content (AvgIpc) is 2.32. The van der Waals surface area contributed by atoms with Crippen LogP contribution in [-0.4, -0.2) is 32.1 Å². The Hall–Kier alpha value is -0.280. The van der Waals surface area contributed by atoms with Gasteiger partial charge in [0, 0.05) is 16.1 Å². The van der Waals surface area contributed by atoms with E-state index >= 15 is 0 Å². The van der Waals surface area contributed by atoms with Crippen LogP contribution in [0.2, 0.25) is 10.0 Å². The molecular weight excluding hydrogens is 267 g/mol. The summed E-state index contributed by atoms with van der Waals surface area (Å²) in [7, 11) is 4.16. The van der Waals surface area contributed by atoms with Crippen LogP contribution in [0.3, 0.4) is 0 Å². The zero-order chi connectivity index (χ0) is 13.5. The highest BCUT2D eigenvalue weighted by molar-refractivity contribution is 6.33. The van der Waals surface area contributed by atoms with Crippen molar-refractivity contribution >= 4 is 23.2 Å². The van der Waals surface area contributed by atoms with Crippen LogP contribution < -0.4 is 5.32 Å². The Bertz CT molecular complexity index is 367. The highest BCUT2D eigenvalue weighted by Crippen LogP contribution is 2.28. The Morgan fingerprint density at radius 2 is 2.00 bits per heavy atom. The van der Waals surface area contributed by atoms with Gasteiger partial charge in [0.05, 0.1) is 0 Å². The van der Waals surface area contributed by atoms with Crippen LogP contribution in [0.25, 0.3) is 0 Å². The van der Waals surface area contributed by atoms with Gasteiger partial charge in [-0.1, -0.05) is 30.1 Å². The Morgan fingerprint density at radius 1 is 1.28 bits per heavy atom. The lowest BCUT2D eigenvalue weighted by Crippen LogP contribution is -2.26. The van der Waals surface area contributed by atoms with Gasteiger partial charge in [-0.2, -0.15) is 0 Å². The van der Waals surface area contributed by atoms with Crippen molar-refractivity contribution in [1.82, 2.24) is 10.2 Å². The van der Waals surface area contributed by atoms with Crippen LogP contribution in [-0.2, 0) is 0 Å². The Labute approximate surface area is 120 Å². The molecule has 1 unspecified atom stereocenters. The molecule has 4 heteroatoms. The van der Waals surface area contributed by atoms with E-state index in [1.807, 2.05) is 18.2 Å². The molecule has 1 aromatic carbocycles. The van der Waals surface area contributed by atoms with Gasteiger partial charge in [-0.05, 0) is 63.8 Å². The second kappa shape index (κ2) is 8.00. The first kappa shape index (κ1) is 15.8. The van der Waals surface area contributed by atoms with Crippen LogP contribution in [0, 0.1) is 0 Å². The Morgan fingerprint density at radius 3 is 2.61 bits per heavy atom. The lowest BCUT2D eigenvalue weighted by Gasteiger charge is -2.22. The predicted molar refractivity (Wildman–Crippen MR) is 80.7 cm³/mol. The van der Waals surface area contributed by atoms with E-state index in [1.165, 1.54) is 0 Å². The summed E-state index contributed by atoms with van der Waals surface area (Å²) in [5.74, 6) is 0. The topological polar surface area (TPSA) is 15.3 Å². The van der Waals surface area contributed by atoms with E-state index < -0.39 is 0 Å². The maximum Gasteiger partial charge on any atom is 0.0454 e. The number of nitrogens with zero attached hydrogens (tertiary/aromatic N) is 1. The predicted octanol–water partition coefficient (Wildman–Crippen LogP) is 3.99. The molecule has 102 valence electrons. The van der Waals surface area contributed by atoms with Gasteiger partial charge in [-0.3, -0.25) is 0 Å². The zero-order valence-electron chi connectivity index (χ0n) is 11.3.